The molecule has 0 aliphatic carbocycles. The summed E-state index contributed by atoms with van der Waals surface area (Å²) < 4.78 is 13.4. The minimum Gasteiger partial charge on any atom is -0.343 e. The second-order valence-electron chi connectivity index (χ2n) is 4.43. The predicted octanol–water partition coefficient (Wildman–Crippen LogP) is 0.782. The highest BCUT2D eigenvalue weighted by Gasteiger charge is 2.23. The molecule has 0 saturated carbocycles. The number of halogens is 1. The number of ketones is 1. The van der Waals surface area contributed by atoms with Gasteiger partial charge in [-0.1, -0.05) is 12.1 Å². The van der Waals surface area contributed by atoms with Crippen molar-refractivity contribution >= 4 is 11.7 Å². The molecule has 0 bridgehead atoms. The third kappa shape index (κ3) is 2.73. The van der Waals surface area contributed by atoms with Crippen LogP contribution in [0.25, 0.3) is 0 Å². The van der Waals surface area contributed by atoms with Crippen molar-refractivity contribution in [2.45, 2.75) is 0 Å². The van der Waals surface area contributed by atoms with Crippen molar-refractivity contribution in [1.82, 2.24) is 9.80 Å². The Bertz CT molecular complexity index is 476. The number of hydrogen-bond acceptors (Lipinski definition) is 3. The maximum Gasteiger partial charge on any atom is 0.236 e. The monoisotopic (exact) mass is 250 g/mol. The van der Waals surface area contributed by atoms with Crippen LogP contribution in [0.5, 0.6) is 0 Å². The summed E-state index contributed by atoms with van der Waals surface area (Å²) in [5.74, 6) is -0.809. The molecule has 0 radical (unpaired) electrons. The first-order valence-electron chi connectivity index (χ1n) is 5.82. The summed E-state index contributed by atoms with van der Waals surface area (Å²) in [6.07, 6.45) is 0. The van der Waals surface area contributed by atoms with Gasteiger partial charge in [0.15, 0.2) is 5.78 Å². The quantitative estimate of drug-likeness (QED) is 0.744. The zero-order valence-electron chi connectivity index (χ0n) is 10.2. The largest absolute Gasteiger partial charge is 0.343 e. The molecule has 18 heavy (non-hydrogen) atoms. The molecular weight excluding hydrogens is 235 g/mol. The lowest BCUT2D eigenvalue weighted by Gasteiger charge is -2.31. The van der Waals surface area contributed by atoms with Crippen LogP contribution in [0.2, 0.25) is 0 Å². The van der Waals surface area contributed by atoms with Gasteiger partial charge in [-0.25, -0.2) is 4.39 Å². The Morgan fingerprint density at radius 2 is 2.06 bits per heavy atom. The van der Waals surface area contributed by atoms with E-state index in [4.69, 9.17) is 0 Å². The van der Waals surface area contributed by atoms with E-state index in [2.05, 4.69) is 0 Å². The standard InChI is InChI=1S/C13H15FN2O2/c1-15-6-7-16(9-13(15)18)8-12(17)10-4-2-3-5-11(10)14/h2-5H,6-9H2,1H3. The number of amides is 1. The third-order valence-corrected chi connectivity index (χ3v) is 3.08. The highest BCUT2D eigenvalue weighted by atomic mass is 19.1. The zero-order chi connectivity index (χ0) is 13.1. The first kappa shape index (κ1) is 12.7. The normalized spacial score (nSPS) is 17.0. The van der Waals surface area contributed by atoms with Crippen molar-refractivity contribution < 1.29 is 14.0 Å². The minimum absolute atomic E-state index is 0.0115. The van der Waals surface area contributed by atoms with Gasteiger partial charge in [-0.3, -0.25) is 14.5 Å². The molecule has 0 spiro atoms. The van der Waals surface area contributed by atoms with Crippen LogP contribution in [0.15, 0.2) is 24.3 Å². The first-order chi connectivity index (χ1) is 8.58. The maximum absolute atomic E-state index is 13.4. The minimum atomic E-state index is -0.511. The van der Waals surface area contributed by atoms with Crippen LogP contribution in [-0.2, 0) is 4.79 Å². The molecule has 1 aliphatic rings. The summed E-state index contributed by atoms with van der Waals surface area (Å²) in [6.45, 7) is 1.54. The zero-order valence-corrected chi connectivity index (χ0v) is 10.2. The topological polar surface area (TPSA) is 40.6 Å². The Kier molecular flexibility index (Phi) is 3.72. The number of hydrogen-bond donors (Lipinski definition) is 0. The molecule has 1 aromatic rings. The molecule has 1 fully saturated rings. The maximum atomic E-state index is 13.4. The Balaban J connectivity index is 2.00. The molecule has 0 atom stereocenters. The number of carbonyl (C=O) groups is 2. The molecule has 0 N–H and O–H groups in total. The Morgan fingerprint density at radius 1 is 1.33 bits per heavy atom. The molecule has 96 valence electrons. The van der Waals surface area contributed by atoms with Crippen molar-refractivity contribution in [3.8, 4) is 0 Å². The number of likely N-dealkylation sites (N-methyl/N-ethyl adjacent to an activating group) is 1. The lowest BCUT2D eigenvalue weighted by Crippen LogP contribution is -2.49. The second-order valence-corrected chi connectivity index (χ2v) is 4.43. The number of rotatable bonds is 3. The molecule has 1 heterocycles. The van der Waals surface area contributed by atoms with Crippen molar-refractivity contribution in [1.29, 1.82) is 0 Å². The van der Waals surface area contributed by atoms with Crippen LogP contribution >= 0.6 is 0 Å². The highest BCUT2D eigenvalue weighted by Crippen LogP contribution is 2.09. The van der Waals surface area contributed by atoms with Gasteiger partial charge >= 0.3 is 0 Å². The van der Waals surface area contributed by atoms with E-state index in [-0.39, 0.29) is 30.3 Å². The van der Waals surface area contributed by atoms with Gasteiger partial charge < -0.3 is 4.90 Å². The van der Waals surface area contributed by atoms with Gasteiger partial charge in [0, 0.05) is 20.1 Å². The van der Waals surface area contributed by atoms with Crippen LogP contribution in [0, 0.1) is 5.82 Å². The Labute approximate surface area is 105 Å². The molecule has 1 amide bonds. The van der Waals surface area contributed by atoms with Gasteiger partial charge in [0.05, 0.1) is 18.7 Å². The number of carbonyl (C=O) groups excluding carboxylic acids is 2. The summed E-state index contributed by atoms with van der Waals surface area (Å²) in [4.78, 5) is 26.8. The molecular formula is C13H15FN2O2. The number of nitrogens with zero attached hydrogens (tertiary/aromatic N) is 2. The Morgan fingerprint density at radius 3 is 2.72 bits per heavy atom. The number of Topliss-reactive ketones (excluding diaryl/α,β-unsaturated/α-hetero) is 1. The SMILES string of the molecule is CN1CCN(CC(=O)c2ccccc2F)CC1=O. The van der Waals surface area contributed by atoms with E-state index in [0.717, 1.165) is 0 Å². The van der Waals surface area contributed by atoms with E-state index in [9.17, 15) is 14.0 Å². The van der Waals surface area contributed by atoms with E-state index < -0.39 is 5.82 Å². The van der Waals surface area contributed by atoms with E-state index in [0.29, 0.717) is 13.1 Å². The molecule has 1 aliphatic heterocycles. The molecule has 1 aromatic carbocycles. The molecule has 2 rings (SSSR count). The predicted molar refractivity (Wildman–Crippen MR) is 64.8 cm³/mol. The van der Waals surface area contributed by atoms with E-state index >= 15 is 0 Å². The molecule has 0 unspecified atom stereocenters. The van der Waals surface area contributed by atoms with E-state index in [1.165, 1.54) is 12.1 Å². The van der Waals surface area contributed by atoms with Crippen molar-refractivity contribution in [2.75, 3.05) is 33.2 Å². The fourth-order valence-corrected chi connectivity index (χ4v) is 1.92. The van der Waals surface area contributed by atoms with Crippen LogP contribution in [0.3, 0.4) is 0 Å². The molecule has 1 saturated heterocycles. The average molecular weight is 250 g/mol. The Hall–Kier alpha value is -1.75. The number of benzene rings is 1. The van der Waals surface area contributed by atoms with Crippen LogP contribution < -0.4 is 0 Å². The highest BCUT2D eigenvalue weighted by molar-refractivity contribution is 5.98. The lowest BCUT2D eigenvalue weighted by molar-refractivity contribution is -0.134. The molecule has 0 aromatic heterocycles. The van der Waals surface area contributed by atoms with Crippen LogP contribution in [-0.4, -0.2) is 54.7 Å². The van der Waals surface area contributed by atoms with Crippen molar-refractivity contribution in [2.24, 2.45) is 0 Å². The lowest BCUT2D eigenvalue weighted by atomic mass is 10.1. The van der Waals surface area contributed by atoms with E-state index in [1.54, 1.807) is 29.0 Å². The van der Waals surface area contributed by atoms with Crippen molar-refractivity contribution in [3.63, 3.8) is 0 Å². The van der Waals surface area contributed by atoms with Gasteiger partial charge in [-0.2, -0.15) is 0 Å². The van der Waals surface area contributed by atoms with Crippen LogP contribution in [0.1, 0.15) is 10.4 Å². The summed E-state index contributed by atoms with van der Waals surface area (Å²) in [6, 6.07) is 5.91. The van der Waals surface area contributed by atoms with E-state index in [1.807, 2.05) is 0 Å². The van der Waals surface area contributed by atoms with Gasteiger partial charge in [-0.15, -0.1) is 0 Å². The molecule has 5 heteroatoms. The first-order valence-corrected chi connectivity index (χ1v) is 5.82. The summed E-state index contributed by atoms with van der Waals surface area (Å²) in [7, 11) is 1.73. The van der Waals surface area contributed by atoms with Gasteiger partial charge in [0.25, 0.3) is 0 Å². The van der Waals surface area contributed by atoms with Gasteiger partial charge in [-0.05, 0) is 12.1 Å². The summed E-state index contributed by atoms with van der Waals surface area (Å²) >= 11 is 0. The average Bonchev–Trinajstić information content (AvgIpc) is 2.34. The third-order valence-electron chi connectivity index (χ3n) is 3.08. The fraction of sp³-hybridized carbons (Fsp3) is 0.385. The van der Waals surface area contributed by atoms with Crippen LogP contribution in [0.4, 0.5) is 4.39 Å². The second kappa shape index (κ2) is 5.27. The smallest absolute Gasteiger partial charge is 0.236 e. The van der Waals surface area contributed by atoms with Gasteiger partial charge in [0.1, 0.15) is 5.82 Å². The summed E-state index contributed by atoms with van der Waals surface area (Å²) in [5, 5.41) is 0. The fourth-order valence-electron chi connectivity index (χ4n) is 1.92. The number of piperazine rings is 1. The molecule has 4 nitrogen and oxygen atoms in total. The van der Waals surface area contributed by atoms with Crippen molar-refractivity contribution in [3.05, 3.63) is 35.6 Å². The summed E-state index contributed by atoms with van der Waals surface area (Å²) in [5.41, 5.74) is 0.0869. The van der Waals surface area contributed by atoms with Gasteiger partial charge in [0.2, 0.25) is 5.91 Å².